The van der Waals surface area contributed by atoms with E-state index in [2.05, 4.69) is 19.2 Å². The van der Waals surface area contributed by atoms with Crippen LogP contribution in [0.15, 0.2) is 18.2 Å². The molecule has 5 heteroatoms. The lowest BCUT2D eigenvalue weighted by Gasteiger charge is -2.21. The van der Waals surface area contributed by atoms with E-state index in [1.54, 1.807) is 7.11 Å². The maximum Gasteiger partial charge on any atom is 0.207 e. The molecule has 0 heterocycles. The number of nitrogens with one attached hydrogen (secondary N) is 1. The van der Waals surface area contributed by atoms with Crippen LogP contribution in [-0.4, -0.2) is 38.6 Å². The Hall–Kier alpha value is -1.88. The number of hydrogen-bond donors (Lipinski definition) is 1. The zero-order chi connectivity index (χ0) is 18.7. The molecule has 1 N–H and O–H groups in total. The van der Waals surface area contributed by atoms with Gasteiger partial charge in [-0.15, -0.1) is 0 Å². The Balaban J connectivity index is 2.96. The zero-order valence-electron chi connectivity index (χ0n) is 15.8. The van der Waals surface area contributed by atoms with Crippen molar-refractivity contribution < 1.29 is 19.1 Å². The summed E-state index contributed by atoms with van der Waals surface area (Å²) in [5, 5.41) is 2.86. The largest absolute Gasteiger partial charge is 0.493 e. The first-order chi connectivity index (χ1) is 12.0. The summed E-state index contributed by atoms with van der Waals surface area (Å²) in [6.45, 7) is 7.26. The summed E-state index contributed by atoms with van der Waals surface area (Å²) in [4.78, 5) is 23.1. The molecule has 1 atom stereocenters. The number of rotatable bonds is 13. The van der Waals surface area contributed by atoms with Crippen LogP contribution in [0.1, 0.15) is 56.0 Å². The lowest BCUT2D eigenvalue weighted by Crippen LogP contribution is -2.34. The molecule has 140 valence electrons. The van der Waals surface area contributed by atoms with Crippen molar-refractivity contribution in [3.63, 3.8) is 0 Å². The second kappa shape index (κ2) is 11.6. The Morgan fingerprint density at radius 1 is 1.28 bits per heavy atom. The number of ketones is 1. The topological polar surface area (TPSA) is 64.6 Å². The molecule has 0 bridgehead atoms. The van der Waals surface area contributed by atoms with Crippen LogP contribution in [0.2, 0.25) is 0 Å². The van der Waals surface area contributed by atoms with Crippen molar-refractivity contribution >= 4 is 12.2 Å². The number of ether oxygens (including phenoxy) is 2. The van der Waals surface area contributed by atoms with E-state index in [0.717, 1.165) is 24.8 Å². The van der Waals surface area contributed by atoms with E-state index < -0.39 is 0 Å². The fraction of sp³-hybridized carbons (Fsp3) is 0.600. The molecule has 1 aromatic carbocycles. The van der Waals surface area contributed by atoms with Gasteiger partial charge >= 0.3 is 0 Å². The minimum Gasteiger partial charge on any atom is -0.493 e. The Labute approximate surface area is 151 Å². The van der Waals surface area contributed by atoms with E-state index in [1.165, 1.54) is 0 Å². The van der Waals surface area contributed by atoms with Gasteiger partial charge < -0.3 is 14.8 Å². The van der Waals surface area contributed by atoms with E-state index in [1.807, 2.05) is 25.1 Å². The predicted molar refractivity (Wildman–Crippen MR) is 99.2 cm³/mol. The lowest BCUT2D eigenvalue weighted by atomic mass is 9.95. The van der Waals surface area contributed by atoms with E-state index in [9.17, 15) is 9.59 Å². The molecule has 0 saturated heterocycles. The normalized spacial score (nSPS) is 12.0. The van der Waals surface area contributed by atoms with Gasteiger partial charge in [-0.25, -0.2) is 0 Å². The van der Waals surface area contributed by atoms with Gasteiger partial charge in [0.2, 0.25) is 6.41 Å². The van der Waals surface area contributed by atoms with Crippen LogP contribution in [0, 0.1) is 5.92 Å². The summed E-state index contributed by atoms with van der Waals surface area (Å²) < 4.78 is 10.9. The highest BCUT2D eigenvalue weighted by Gasteiger charge is 2.17. The van der Waals surface area contributed by atoms with Crippen LogP contribution in [0.25, 0.3) is 0 Å². The fourth-order valence-corrected chi connectivity index (χ4v) is 2.62. The molecule has 25 heavy (non-hydrogen) atoms. The second-order valence-corrected chi connectivity index (χ2v) is 6.54. The van der Waals surface area contributed by atoms with Gasteiger partial charge in [-0.05, 0) is 36.5 Å². The molecule has 0 spiro atoms. The monoisotopic (exact) mass is 349 g/mol. The highest BCUT2D eigenvalue weighted by atomic mass is 16.5. The van der Waals surface area contributed by atoms with Gasteiger partial charge in [0.1, 0.15) is 5.75 Å². The van der Waals surface area contributed by atoms with Crippen LogP contribution in [0.3, 0.4) is 0 Å². The highest BCUT2D eigenvalue weighted by molar-refractivity contribution is 5.98. The Kier molecular flexibility index (Phi) is 9.85. The molecule has 1 amide bonds. The van der Waals surface area contributed by atoms with Crippen molar-refractivity contribution in [2.75, 3.05) is 20.3 Å². The van der Waals surface area contributed by atoms with Crippen molar-refractivity contribution in [3.05, 3.63) is 29.3 Å². The lowest BCUT2D eigenvalue weighted by molar-refractivity contribution is -0.110. The molecule has 0 fully saturated rings. The van der Waals surface area contributed by atoms with Gasteiger partial charge in [0.25, 0.3) is 0 Å². The van der Waals surface area contributed by atoms with Gasteiger partial charge in [-0.2, -0.15) is 0 Å². The number of hydrogen-bond acceptors (Lipinski definition) is 4. The van der Waals surface area contributed by atoms with E-state index in [0.29, 0.717) is 43.3 Å². The summed E-state index contributed by atoms with van der Waals surface area (Å²) in [6.07, 6.45) is 3.53. The van der Waals surface area contributed by atoms with Gasteiger partial charge in [-0.1, -0.05) is 26.8 Å². The summed E-state index contributed by atoms with van der Waals surface area (Å²) in [7, 11) is 1.66. The fourth-order valence-electron chi connectivity index (χ4n) is 2.62. The minimum atomic E-state index is 0.0519. The molecular weight excluding hydrogens is 318 g/mol. The maximum atomic E-state index is 12.3. The number of carbonyl (C=O) groups is 2. The highest BCUT2D eigenvalue weighted by Crippen LogP contribution is 2.24. The number of carbonyl (C=O) groups excluding carboxylic acids is 2. The molecule has 0 aliphatic heterocycles. The van der Waals surface area contributed by atoms with Crippen molar-refractivity contribution in [2.45, 2.75) is 52.5 Å². The Morgan fingerprint density at radius 3 is 2.64 bits per heavy atom. The zero-order valence-corrected chi connectivity index (χ0v) is 15.8. The standard InChI is InChI=1S/C20H31NO4/c1-5-7-19(23)17-9-8-16(12-18(15(2)3)21-14-22)13-20(17)25-11-6-10-24-4/h8-9,13-15,18H,5-7,10-12H2,1-4H3,(H,21,22). The Bertz CT molecular complexity index is 542. The first-order valence-electron chi connectivity index (χ1n) is 9.01. The van der Waals surface area contributed by atoms with E-state index >= 15 is 0 Å². The predicted octanol–water partition coefficient (Wildman–Crippen LogP) is 3.40. The van der Waals surface area contributed by atoms with Crippen LogP contribution < -0.4 is 10.1 Å². The Morgan fingerprint density at radius 2 is 2.04 bits per heavy atom. The van der Waals surface area contributed by atoms with Crippen molar-refractivity contribution in [1.82, 2.24) is 5.32 Å². The van der Waals surface area contributed by atoms with Crippen molar-refractivity contribution in [1.29, 1.82) is 0 Å². The van der Waals surface area contributed by atoms with E-state index in [-0.39, 0.29) is 11.8 Å². The van der Waals surface area contributed by atoms with Gasteiger partial charge in [-0.3, -0.25) is 9.59 Å². The van der Waals surface area contributed by atoms with Crippen LogP contribution in [-0.2, 0) is 16.0 Å². The summed E-state index contributed by atoms with van der Waals surface area (Å²) in [6, 6.07) is 5.78. The summed E-state index contributed by atoms with van der Waals surface area (Å²) in [5.74, 6) is 1.04. The number of methoxy groups -OCH3 is 1. The molecule has 0 saturated carbocycles. The van der Waals surface area contributed by atoms with Gasteiger partial charge in [0.05, 0.1) is 12.2 Å². The molecule has 0 aromatic heterocycles. The van der Waals surface area contributed by atoms with E-state index in [4.69, 9.17) is 9.47 Å². The molecule has 0 radical (unpaired) electrons. The van der Waals surface area contributed by atoms with Crippen LogP contribution in [0.5, 0.6) is 5.75 Å². The van der Waals surface area contributed by atoms with Crippen molar-refractivity contribution in [2.24, 2.45) is 5.92 Å². The molecule has 5 nitrogen and oxygen atoms in total. The summed E-state index contributed by atoms with van der Waals surface area (Å²) in [5.41, 5.74) is 1.68. The second-order valence-electron chi connectivity index (χ2n) is 6.54. The SMILES string of the molecule is CCCC(=O)c1ccc(CC(NC=O)C(C)C)cc1OCCCOC. The first kappa shape index (κ1) is 21.2. The molecule has 1 rings (SSSR count). The third kappa shape index (κ3) is 7.26. The number of benzene rings is 1. The minimum absolute atomic E-state index is 0.0519. The number of Topliss-reactive ketones (excluding diaryl/α,β-unsaturated/α-hetero) is 1. The van der Waals surface area contributed by atoms with Crippen LogP contribution >= 0.6 is 0 Å². The molecular formula is C20H31NO4. The summed E-state index contributed by atoms with van der Waals surface area (Å²) >= 11 is 0. The van der Waals surface area contributed by atoms with Gasteiger partial charge in [0, 0.05) is 32.6 Å². The van der Waals surface area contributed by atoms with Gasteiger partial charge in [0.15, 0.2) is 5.78 Å². The maximum absolute atomic E-state index is 12.3. The average molecular weight is 349 g/mol. The third-order valence-corrected chi connectivity index (χ3v) is 4.12. The van der Waals surface area contributed by atoms with Crippen molar-refractivity contribution in [3.8, 4) is 5.75 Å². The number of amides is 1. The first-order valence-corrected chi connectivity index (χ1v) is 9.01. The smallest absolute Gasteiger partial charge is 0.207 e. The molecule has 1 aromatic rings. The average Bonchev–Trinajstić information content (AvgIpc) is 2.58. The third-order valence-electron chi connectivity index (χ3n) is 4.12. The molecule has 1 unspecified atom stereocenters. The van der Waals surface area contributed by atoms with Crippen LogP contribution in [0.4, 0.5) is 0 Å². The molecule has 0 aliphatic carbocycles. The molecule has 0 aliphatic rings. The quantitative estimate of drug-likeness (QED) is 0.337.